The zero-order chi connectivity index (χ0) is 19.0. The van der Waals surface area contributed by atoms with Crippen LogP contribution in [0.5, 0.6) is 0 Å². The van der Waals surface area contributed by atoms with Gasteiger partial charge in [-0.2, -0.15) is 10.2 Å². The SMILES string of the molecule is O=C(c1ccnnc1)N1CCC2(CCC(N3CCCC3)c3ccccc32)CC1. The monoisotopic (exact) mass is 376 g/mol. The summed E-state index contributed by atoms with van der Waals surface area (Å²) in [6.07, 6.45) is 10.4. The van der Waals surface area contributed by atoms with Crippen molar-refractivity contribution in [1.29, 1.82) is 0 Å². The summed E-state index contributed by atoms with van der Waals surface area (Å²) in [6, 6.07) is 11.5. The smallest absolute Gasteiger partial charge is 0.255 e. The van der Waals surface area contributed by atoms with E-state index >= 15 is 0 Å². The van der Waals surface area contributed by atoms with Gasteiger partial charge in [-0.1, -0.05) is 24.3 Å². The predicted molar refractivity (Wildman–Crippen MR) is 108 cm³/mol. The van der Waals surface area contributed by atoms with Crippen molar-refractivity contribution >= 4 is 5.91 Å². The summed E-state index contributed by atoms with van der Waals surface area (Å²) in [7, 11) is 0. The van der Waals surface area contributed by atoms with E-state index in [1.807, 2.05) is 4.90 Å². The topological polar surface area (TPSA) is 49.3 Å². The molecule has 1 aromatic carbocycles. The van der Waals surface area contributed by atoms with Gasteiger partial charge in [-0.25, -0.2) is 0 Å². The number of nitrogens with zero attached hydrogens (tertiary/aromatic N) is 4. The number of rotatable bonds is 2. The number of hydrogen-bond acceptors (Lipinski definition) is 4. The molecule has 1 amide bonds. The first-order valence-electron chi connectivity index (χ1n) is 10.7. The lowest BCUT2D eigenvalue weighted by Gasteiger charge is -2.48. The summed E-state index contributed by atoms with van der Waals surface area (Å²) in [5.41, 5.74) is 3.98. The van der Waals surface area contributed by atoms with Crippen molar-refractivity contribution in [2.45, 2.75) is 50.0 Å². The maximum atomic E-state index is 12.8. The quantitative estimate of drug-likeness (QED) is 0.804. The number of benzene rings is 1. The molecule has 1 unspecified atom stereocenters. The summed E-state index contributed by atoms with van der Waals surface area (Å²) in [5.74, 6) is 0.0868. The largest absolute Gasteiger partial charge is 0.339 e. The Morgan fingerprint density at radius 1 is 0.964 bits per heavy atom. The number of likely N-dealkylation sites (tertiary alicyclic amines) is 2. The molecule has 3 aliphatic rings. The number of aromatic nitrogens is 2. The van der Waals surface area contributed by atoms with E-state index in [2.05, 4.69) is 39.4 Å². The van der Waals surface area contributed by atoms with Gasteiger partial charge in [0.1, 0.15) is 0 Å². The summed E-state index contributed by atoms with van der Waals surface area (Å²) in [6.45, 7) is 4.14. The molecular weight excluding hydrogens is 348 g/mol. The minimum atomic E-state index is 0.0868. The van der Waals surface area contributed by atoms with Crippen molar-refractivity contribution in [2.24, 2.45) is 0 Å². The molecule has 5 nitrogen and oxygen atoms in total. The van der Waals surface area contributed by atoms with Crippen LogP contribution >= 0.6 is 0 Å². The first kappa shape index (κ1) is 17.8. The molecule has 2 aromatic rings. The van der Waals surface area contributed by atoms with E-state index in [1.54, 1.807) is 29.6 Å². The molecule has 1 spiro atoms. The number of fused-ring (bicyclic) bond motifs is 2. The summed E-state index contributed by atoms with van der Waals surface area (Å²) in [5, 5.41) is 7.64. The average Bonchev–Trinajstić information content (AvgIpc) is 3.30. The van der Waals surface area contributed by atoms with Crippen LogP contribution in [0.1, 0.15) is 66.1 Å². The summed E-state index contributed by atoms with van der Waals surface area (Å²) in [4.78, 5) is 17.5. The van der Waals surface area contributed by atoms with Gasteiger partial charge in [0.15, 0.2) is 0 Å². The van der Waals surface area contributed by atoms with Crippen LogP contribution < -0.4 is 0 Å². The van der Waals surface area contributed by atoms with E-state index in [-0.39, 0.29) is 11.3 Å². The molecule has 2 aliphatic heterocycles. The van der Waals surface area contributed by atoms with Crippen molar-refractivity contribution in [2.75, 3.05) is 26.2 Å². The Balaban J connectivity index is 1.36. The molecule has 5 heteroatoms. The lowest BCUT2D eigenvalue weighted by atomic mass is 9.63. The van der Waals surface area contributed by atoms with Crippen LogP contribution in [0, 0.1) is 0 Å². The number of carbonyl (C=O) groups excluding carboxylic acids is 1. The van der Waals surface area contributed by atoms with Crippen LogP contribution in [0.15, 0.2) is 42.7 Å². The average molecular weight is 377 g/mol. The highest BCUT2D eigenvalue weighted by Crippen LogP contribution is 2.49. The Labute approximate surface area is 166 Å². The minimum Gasteiger partial charge on any atom is -0.339 e. The first-order chi connectivity index (χ1) is 13.8. The fourth-order valence-electron chi connectivity index (χ4n) is 5.66. The third-order valence-electron chi connectivity index (χ3n) is 7.21. The van der Waals surface area contributed by atoms with E-state index in [0.29, 0.717) is 11.6 Å². The van der Waals surface area contributed by atoms with Crippen LogP contribution in [0.2, 0.25) is 0 Å². The molecule has 3 heterocycles. The molecule has 5 rings (SSSR count). The molecule has 0 N–H and O–H groups in total. The highest BCUT2D eigenvalue weighted by Gasteiger charge is 2.43. The van der Waals surface area contributed by atoms with Crippen LogP contribution in [0.3, 0.4) is 0 Å². The second kappa shape index (κ2) is 7.28. The highest BCUT2D eigenvalue weighted by molar-refractivity contribution is 5.93. The standard InChI is InChI=1S/C23H28N4O/c28-22(18-8-12-24-25-17-18)27-15-10-23(11-16-27)9-7-21(26-13-3-4-14-26)19-5-1-2-6-20(19)23/h1-2,5-6,8,12,17,21H,3-4,7,9-11,13-16H2. The third kappa shape index (κ3) is 3.02. The molecule has 146 valence electrons. The van der Waals surface area contributed by atoms with Gasteiger partial charge in [-0.15, -0.1) is 0 Å². The molecule has 0 saturated carbocycles. The van der Waals surface area contributed by atoms with Gasteiger partial charge in [0, 0.05) is 19.1 Å². The Morgan fingerprint density at radius 3 is 2.50 bits per heavy atom. The van der Waals surface area contributed by atoms with E-state index in [4.69, 9.17) is 0 Å². The van der Waals surface area contributed by atoms with Gasteiger partial charge in [-0.3, -0.25) is 9.69 Å². The summed E-state index contributed by atoms with van der Waals surface area (Å²) < 4.78 is 0. The van der Waals surface area contributed by atoms with E-state index in [1.165, 1.54) is 38.8 Å². The maximum Gasteiger partial charge on any atom is 0.255 e. The van der Waals surface area contributed by atoms with Crippen LogP contribution in [-0.4, -0.2) is 52.1 Å². The van der Waals surface area contributed by atoms with Crippen molar-refractivity contribution in [3.05, 3.63) is 59.4 Å². The molecular formula is C23H28N4O. The number of amides is 1. The van der Waals surface area contributed by atoms with Gasteiger partial charge < -0.3 is 4.90 Å². The number of carbonyl (C=O) groups is 1. The van der Waals surface area contributed by atoms with Gasteiger partial charge in [0.2, 0.25) is 0 Å². The Morgan fingerprint density at radius 2 is 1.75 bits per heavy atom. The Bertz CT molecular complexity index is 839. The fourth-order valence-corrected chi connectivity index (χ4v) is 5.66. The van der Waals surface area contributed by atoms with Crippen molar-refractivity contribution < 1.29 is 4.79 Å². The van der Waals surface area contributed by atoms with Crippen molar-refractivity contribution in [1.82, 2.24) is 20.0 Å². The van der Waals surface area contributed by atoms with E-state index in [9.17, 15) is 4.79 Å². The molecule has 1 aromatic heterocycles. The minimum absolute atomic E-state index is 0.0868. The third-order valence-corrected chi connectivity index (χ3v) is 7.21. The Kier molecular flexibility index (Phi) is 4.63. The molecule has 2 fully saturated rings. The fraction of sp³-hybridized carbons (Fsp3) is 0.522. The molecule has 1 aliphatic carbocycles. The van der Waals surface area contributed by atoms with E-state index < -0.39 is 0 Å². The van der Waals surface area contributed by atoms with Gasteiger partial charge in [0.05, 0.1) is 18.0 Å². The molecule has 2 saturated heterocycles. The van der Waals surface area contributed by atoms with Crippen LogP contribution in [-0.2, 0) is 5.41 Å². The second-order valence-electron chi connectivity index (χ2n) is 8.59. The predicted octanol–water partition coefficient (Wildman–Crippen LogP) is 3.58. The van der Waals surface area contributed by atoms with Gasteiger partial charge in [-0.05, 0) is 74.2 Å². The molecule has 28 heavy (non-hydrogen) atoms. The second-order valence-corrected chi connectivity index (χ2v) is 8.59. The summed E-state index contributed by atoms with van der Waals surface area (Å²) >= 11 is 0. The van der Waals surface area contributed by atoms with Crippen molar-refractivity contribution in [3.63, 3.8) is 0 Å². The van der Waals surface area contributed by atoms with Crippen LogP contribution in [0.4, 0.5) is 0 Å². The lowest BCUT2D eigenvalue weighted by molar-refractivity contribution is 0.0632. The first-order valence-corrected chi connectivity index (χ1v) is 10.7. The van der Waals surface area contributed by atoms with E-state index in [0.717, 1.165) is 25.9 Å². The normalized spacial score (nSPS) is 24.3. The van der Waals surface area contributed by atoms with Gasteiger partial charge >= 0.3 is 0 Å². The van der Waals surface area contributed by atoms with Gasteiger partial charge in [0.25, 0.3) is 5.91 Å². The van der Waals surface area contributed by atoms with Crippen LogP contribution in [0.25, 0.3) is 0 Å². The zero-order valence-electron chi connectivity index (χ0n) is 16.4. The number of piperidine rings is 1. The zero-order valence-corrected chi connectivity index (χ0v) is 16.4. The maximum absolute atomic E-state index is 12.8. The molecule has 0 radical (unpaired) electrons. The van der Waals surface area contributed by atoms with Crippen molar-refractivity contribution in [3.8, 4) is 0 Å². The molecule has 1 atom stereocenters. The Hall–Kier alpha value is -2.27. The highest BCUT2D eigenvalue weighted by atomic mass is 16.2. The number of hydrogen-bond donors (Lipinski definition) is 0. The lowest BCUT2D eigenvalue weighted by Crippen LogP contribution is -2.47. The molecule has 0 bridgehead atoms.